The van der Waals surface area contributed by atoms with Crippen molar-refractivity contribution in [2.75, 3.05) is 0 Å². The normalized spacial score (nSPS) is 15.0. The molecule has 0 bridgehead atoms. The summed E-state index contributed by atoms with van der Waals surface area (Å²) < 4.78 is 6.07. The molecule has 25 heavy (non-hydrogen) atoms. The molecule has 1 aliphatic carbocycles. The number of benzene rings is 2. The topological polar surface area (TPSA) is 9.23 Å². The molecule has 1 nitrogen and oxygen atoms in total. The second-order valence-corrected chi connectivity index (χ2v) is 7.47. The van der Waals surface area contributed by atoms with Crippen LogP contribution >= 0.6 is 0 Å². The van der Waals surface area contributed by atoms with E-state index in [-0.39, 0.29) is 0 Å². The summed E-state index contributed by atoms with van der Waals surface area (Å²) in [6.45, 7) is 4.30. The first-order valence-electron chi connectivity index (χ1n) is 9.71. The van der Waals surface area contributed by atoms with Gasteiger partial charge < -0.3 is 4.74 Å². The molecule has 0 unspecified atom stereocenters. The third kappa shape index (κ3) is 5.49. The van der Waals surface area contributed by atoms with Crippen LogP contribution in [0.2, 0.25) is 0 Å². The minimum atomic E-state index is 0.751. The number of allylic oxidation sites excluding steroid dienone is 2. The summed E-state index contributed by atoms with van der Waals surface area (Å²) in [5.74, 6) is 2.61. The first-order chi connectivity index (χ1) is 12.2. The maximum absolute atomic E-state index is 6.07. The zero-order valence-corrected chi connectivity index (χ0v) is 15.6. The summed E-state index contributed by atoms with van der Waals surface area (Å²) in [6, 6.07) is 17.2. The van der Waals surface area contributed by atoms with Crippen molar-refractivity contribution in [3.05, 3.63) is 71.3 Å². The van der Waals surface area contributed by atoms with Crippen LogP contribution in [0.25, 0.3) is 0 Å². The van der Waals surface area contributed by atoms with Gasteiger partial charge in [0.2, 0.25) is 0 Å². The van der Waals surface area contributed by atoms with Gasteiger partial charge >= 0.3 is 0 Å². The smallest absolute Gasteiger partial charge is 0.127 e. The van der Waals surface area contributed by atoms with Gasteiger partial charge in [0.25, 0.3) is 0 Å². The van der Waals surface area contributed by atoms with Gasteiger partial charge in [-0.05, 0) is 80.8 Å². The summed E-state index contributed by atoms with van der Waals surface area (Å²) in [4.78, 5) is 0. The summed E-state index contributed by atoms with van der Waals surface area (Å²) in [6.07, 6.45) is 11.3. The lowest BCUT2D eigenvalue weighted by Crippen LogP contribution is -2.04. The fourth-order valence-electron chi connectivity index (χ4n) is 3.67. The van der Waals surface area contributed by atoms with E-state index in [0.717, 1.165) is 30.3 Å². The van der Waals surface area contributed by atoms with Crippen LogP contribution in [-0.2, 0) is 6.42 Å². The van der Waals surface area contributed by atoms with Gasteiger partial charge in [0.05, 0.1) is 0 Å². The van der Waals surface area contributed by atoms with Crippen molar-refractivity contribution in [1.29, 1.82) is 0 Å². The third-order valence-electron chi connectivity index (χ3n) is 5.08. The number of hydrogen-bond acceptors (Lipinski definition) is 1. The Labute approximate surface area is 152 Å². The highest BCUT2D eigenvalue weighted by molar-refractivity contribution is 5.36. The molecule has 0 radical (unpaired) electrons. The Bertz CT molecular complexity index is 686. The number of aryl methyl sites for hydroxylation is 1. The van der Waals surface area contributed by atoms with E-state index in [9.17, 15) is 0 Å². The standard InChI is InChI=1S/C24H30O/c1-19(2)8-6-9-20-10-7-13-24(18-20)25-23-16-14-22(15-17-23)21-11-4-3-5-12-21/h7-8,10,13-18,21H,3-6,9,11-12H2,1-2H3. The molecule has 0 spiro atoms. The Morgan fingerprint density at radius 2 is 1.72 bits per heavy atom. The van der Waals surface area contributed by atoms with Gasteiger partial charge in [-0.25, -0.2) is 0 Å². The number of hydrogen-bond donors (Lipinski definition) is 0. The van der Waals surface area contributed by atoms with Gasteiger partial charge in [0.1, 0.15) is 11.5 Å². The summed E-state index contributed by atoms with van der Waals surface area (Å²) in [7, 11) is 0. The van der Waals surface area contributed by atoms with Crippen molar-refractivity contribution >= 4 is 0 Å². The molecule has 0 amide bonds. The Morgan fingerprint density at radius 1 is 0.960 bits per heavy atom. The Hall–Kier alpha value is -2.02. The quantitative estimate of drug-likeness (QED) is 0.499. The highest BCUT2D eigenvalue weighted by atomic mass is 16.5. The van der Waals surface area contributed by atoms with Gasteiger partial charge in [-0.3, -0.25) is 0 Å². The Morgan fingerprint density at radius 3 is 2.44 bits per heavy atom. The molecule has 0 saturated heterocycles. The fraction of sp³-hybridized carbons (Fsp3) is 0.417. The van der Waals surface area contributed by atoms with Gasteiger partial charge in [-0.1, -0.05) is 55.2 Å². The van der Waals surface area contributed by atoms with Gasteiger partial charge in [-0.2, -0.15) is 0 Å². The second kappa shape index (κ2) is 8.89. The molecular formula is C24H30O. The molecule has 0 atom stereocenters. The van der Waals surface area contributed by atoms with Crippen molar-refractivity contribution in [1.82, 2.24) is 0 Å². The molecule has 2 aromatic rings. The predicted molar refractivity (Wildman–Crippen MR) is 107 cm³/mol. The third-order valence-corrected chi connectivity index (χ3v) is 5.08. The SMILES string of the molecule is CC(C)=CCCc1cccc(Oc2ccc(C3CCCCC3)cc2)c1. The summed E-state index contributed by atoms with van der Waals surface area (Å²) in [5.41, 5.74) is 4.18. The highest BCUT2D eigenvalue weighted by Gasteiger charge is 2.15. The minimum Gasteiger partial charge on any atom is -0.457 e. The van der Waals surface area contributed by atoms with E-state index in [1.54, 1.807) is 0 Å². The van der Waals surface area contributed by atoms with Crippen LogP contribution in [0.1, 0.15) is 69.4 Å². The maximum atomic E-state index is 6.07. The lowest BCUT2D eigenvalue weighted by molar-refractivity contribution is 0.442. The first kappa shape index (κ1) is 17.8. The number of ether oxygens (including phenoxy) is 1. The zero-order chi connectivity index (χ0) is 17.5. The van der Waals surface area contributed by atoms with Crippen LogP contribution in [0.5, 0.6) is 11.5 Å². The van der Waals surface area contributed by atoms with E-state index in [2.05, 4.69) is 62.4 Å². The van der Waals surface area contributed by atoms with Crippen LogP contribution in [-0.4, -0.2) is 0 Å². The van der Waals surface area contributed by atoms with Gasteiger partial charge in [0.15, 0.2) is 0 Å². The molecule has 132 valence electrons. The van der Waals surface area contributed by atoms with E-state index in [1.165, 1.54) is 48.8 Å². The monoisotopic (exact) mass is 334 g/mol. The highest BCUT2D eigenvalue weighted by Crippen LogP contribution is 2.33. The molecular weight excluding hydrogens is 304 g/mol. The number of rotatable bonds is 6. The van der Waals surface area contributed by atoms with Crippen molar-refractivity contribution in [2.24, 2.45) is 0 Å². The average Bonchev–Trinajstić information content (AvgIpc) is 2.63. The van der Waals surface area contributed by atoms with Crippen LogP contribution in [0, 0.1) is 0 Å². The maximum Gasteiger partial charge on any atom is 0.127 e. The average molecular weight is 335 g/mol. The van der Waals surface area contributed by atoms with Crippen molar-refractivity contribution in [3.63, 3.8) is 0 Å². The van der Waals surface area contributed by atoms with Crippen LogP contribution in [0.15, 0.2) is 60.2 Å². The van der Waals surface area contributed by atoms with Gasteiger partial charge in [0, 0.05) is 0 Å². The predicted octanol–water partition coefficient (Wildman–Crippen LogP) is 7.43. The van der Waals surface area contributed by atoms with Gasteiger partial charge in [-0.15, -0.1) is 0 Å². The second-order valence-electron chi connectivity index (χ2n) is 7.47. The largest absolute Gasteiger partial charge is 0.457 e. The van der Waals surface area contributed by atoms with Crippen LogP contribution in [0.4, 0.5) is 0 Å². The molecule has 0 N–H and O–H groups in total. The zero-order valence-electron chi connectivity index (χ0n) is 15.6. The Kier molecular flexibility index (Phi) is 6.33. The molecule has 0 heterocycles. The molecule has 2 aromatic carbocycles. The minimum absolute atomic E-state index is 0.751. The fourth-order valence-corrected chi connectivity index (χ4v) is 3.67. The molecule has 3 rings (SSSR count). The summed E-state index contributed by atoms with van der Waals surface area (Å²) in [5, 5.41) is 0. The van der Waals surface area contributed by atoms with E-state index in [1.807, 2.05) is 6.07 Å². The van der Waals surface area contributed by atoms with Crippen LogP contribution in [0.3, 0.4) is 0 Å². The van der Waals surface area contributed by atoms with E-state index in [4.69, 9.17) is 4.74 Å². The van der Waals surface area contributed by atoms with E-state index >= 15 is 0 Å². The van der Waals surface area contributed by atoms with Crippen molar-refractivity contribution < 1.29 is 4.74 Å². The Balaban J connectivity index is 1.61. The van der Waals surface area contributed by atoms with E-state index < -0.39 is 0 Å². The van der Waals surface area contributed by atoms with Crippen LogP contribution < -0.4 is 4.74 Å². The molecule has 1 fully saturated rings. The van der Waals surface area contributed by atoms with Crippen molar-refractivity contribution in [2.45, 2.75) is 64.7 Å². The van der Waals surface area contributed by atoms with Crippen molar-refractivity contribution in [3.8, 4) is 11.5 Å². The molecule has 0 aromatic heterocycles. The first-order valence-corrected chi connectivity index (χ1v) is 9.71. The molecule has 1 heteroatoms. The molecule has 0 aliphatic heterocycles. The van der Waals surface area contributed by atoms with E-state index in [0.29, 0.717) is 0 Å². The molecule has 1 saturated carbocycles. The lowest BCUT2D eigenvalue weighted by atomic mass is 9.84. The summed E-state index contributed by atoms with van der Waals surface area (Å²) >= 11 is 0. The lowest BCUT2D eigenvalue weighted by Gasteiger charge is -2.22. The molecule has 1 aliphatic rings.